The van der Waals surface area contributed by atoms with E-state index in [-0.39, 0.29) is 16.4 Å². The van der Waals surface area contributed by atoms with Crippen molar-refractivity contribution >= 4 is 18.9 Å². The number of hydrogen-bond donors (Lipinski definition) is 0. The monoisotopic (exact) mass is 666 g/mol. The maximum absolute atomic E-state index is 2.94. The molecule has 0 radical (unpaired) electrons. The normalized spacial score (nSPS) is 23.4. The van der Waals surface area contributed by atoms with Crippen molar-refractivity contribution in [2.75, 3.05) is 6.66 Å². The Bertz CT molecular complexity index is 2070. The smallest absolute Gasteiger partial charge is 0.216 e. The average molecular weight is 667 g/mol. The molecule has 4 heterocycles. The van der Waals surface area contributed by atoms with Crippen LogP contribution in [0.1, 0.15) is 120 Å². The first-order valence-corrected chi connectivity index (χ1v) is 20.8. The van der Waals surface area contributed by atoms with Gasteiger partial charge < -0.3 is 0 Å². The maximum atomic E-state index is 2.94. The van der Waals surface area contributed by atoms with Gasteiger partial charge in [-0.2, -0.15) is 0 Å². The fourth-order valence-corrected chi connectivity index (χ4v) is 13.4. The molecule has 4 aromatic rings. The Morgan fingerprint density at radius 2 is 1.59 bits per heavy atom. The molecule has 3 heteroatoms. The predicted molar refractivity (Wildman–Crippen MR) is 209 cm³/mol. The molecule has 0 saturated carbocycles. The fraction of sp³-hybridized carbons (Fsp3) is 0.435. The van der Waals surface area contributed by atoms with Crippen molar-refractivity contribution in [2.24, 2.45) is 7.05 Å². The molecule has 0 saturated heterocycles. The Kier molecular flexibility index (Phi) is 7.77. The lowest BCUT2D eigenvalue weighted by molar-refractivity contribution is -0.660. The van der Waals surface area contributed by atoms with Crippen LogP contribution >= 0.6 is 7.92 Å². The van der Waals surface area contributed by atoms with Crippen molar-refractivity contribution in [3.05, 3.63) is 118 Å². The van der Waals surface area contributed by atoms with Crippen LogP contribution in [0.2, 0.25) is 0 Å². The van der Waals surface area contributed by atoms with Crippen LogP contribution in [0.5, 0.6) is 0 Å². The molecule has 4 aliphatic rings. The number of hydrogen-bond acceptors (Lipinski definition) is 0. The van der Waals surface area contributed by atoms with Gasteiger partial charge in [0.25, 0.3) is 0 Å². The zero-order valence-corrected chi connectivity index (χ0v) is 32.3. The third-order valence-corrected chi connectivity index (χ3v) is 15.9. The Labute approximate surface area is 296 Å². The molecule has 0 amide bonds. The molecule has 3 aromatic carbocycles. The third-order valence-electron chi connectivity index (χ3n) is 13.6. The van der Waals surface area contributed by atoms with Crippen molar-refractivity contribution in [3.8, 4) is 22.4 Å². The fourth-order valence-electron chi connectivity index (χ4n) is 11.0. The van der Waals surface area contributed by atoms with Gasteiger partial charge in [-0.15, -0.1) is 0 Å². The van der Waals surface area contributed by atoms with Crippen molar-refractivity contribution in [1.29, 1.82) is 0 Å². The second-order valence-electron chi connectivity index (χ2n) is 16.2. The molecule has 49 heavy (non-hydrogen) atoms. The summed E-state index contributed by atoms with van der Waals surface area (Å²) in [6, 6.07) is 26.7. The summed E-state index contributed by atoms with van der Waals surface area (Å²) in [7, 11) is 1.82. The van der Waals surface area contributed by atoms with Crippen LogP contribution in [0, 0.1) is 0 Å². The molecule has 0 bridgehead atoms. The van der Waals surface area contributed by atoms with E-state index >= 15 is 0 Å². The number of aromatic nitrogens is 1. The number of benzene rings is 3. The minimum absolute atomic E-state index is 0.00470. The Morgan fingerprint density at radius 1 is 0.837 bits per heavy atom. The topological polar surface area (TPSA) is 6.89 Å². The summed E-state index contributed by atoms with van der Waals surface area (Å²) in [5.74, 6) is 0. The molecule has 2 nitrogen and oxygen atoms in total. The van der Waals surface area contributed by atoms with Crippen molar-refractivity contribution < 1.29 is 9.14 Å². The molecule has 3 atom stereocenters. The van der Waals surface area contributed by atoms with Crippen LogP contribution in [0.15, 0.2) is 84.3 Å². The number of pyridine rings is 1. The number of aryl methyl sites for hydroxylation is 3. The van der Waals surface area contributed by atoms with Gasteiger partial charge in [-0.1, -0.05) is 95.6 Å². The summed E-state index contributed by atoms with van der Waals surface area (Å²) in [6.07, 6.45) is 13.0. The molecule has 0 N–H and O–H groups in total. The van der Waals surface area contributed by atoms with Gasteiger partial charge in [0.2, 0.25) is 11.7 Å². The van der Waals surface area contributed by atoms with Crippen LogP contribution in [0.3, 0.4) is 0 Å². The van der Waals surface area contributed by atoms with Gasteiger partial charge in [0.05, 0.1) is 11.0 Å². The molecule has 1 aliphatic carbocycles. The SMILES string of the molecule is CCCCc1cccc(-c2ccc3c4c2P(C)C2=CC(C)=[N+](C24)C(CC)(CC)C3(C)CCc2cccc3c2-c2c(ccc[n+]2C)C3(C)C)c1. The third kappa shape index (κ3) is 4.35. The molecule has 0 spiro atoms. The van der Waals surface area contributed by atoms with Gasteiger partial charge in [-0.25, -0.2) is 9.14 Å². The molecule has 3 aliphatic heterocycles. The van der Waals surface area contributed by atoms with E-state index in [4.69, 9.17) is 0 Å². The Hall–Kier alpha value is -3.35. The first kappa shape index (κ1) is 32.8. The van der Waals surface area contributed by atoms with Gasteiger partial charge in [0.1, 0.15) is 7.05 Å². The van der Waals surface area contributed by atoms with E-state index in [1.807, 2.05) is 0 Å². The zero-order chi connectivity index (χ0) is 34.5. The number of nitrogens with zero attached hydrogens (tertiary/aromatic N) is 2. The van der Waals surface area contributed by atoms with E-state index in [1.165, 1.54) is 63.2 Å². The highest BCUT2D eigenvalue weighted by atomic mass is 31.1. The second kappa shape index (κ2) is 11.6. The summed E-state index contributed by atoms with van der Waals surface area (Å²) < 4.78 is 5.30. The Balaban J connectivity index is 1.30. The number of allylic oxidation sites excluding steroid dienone is 1. The van der Waals surface area contributed by atoms with E-state index in [2.05, 4.69) is 150 Å². The molecule has 252 valence electrons. The highest BCUT2D eigenvalue weighted by molar-refractivity contribution is 7.70. The summed E-state index contributed by atoms with van der Waals surface area (Å²) in [5, 5.41) is 3.34. The van der Waals surface area contributed by atoms with Crippen molar-refractivity contribution in [1.82, 2.24) is 0 Å². The maximum Gasteiger partial charge on any atom is 0.216 e. The van der Waals surface area contributed by atoms with Crippen LogP contribution in [-0.4, -0.2) is 22.5 Å². The van der Waals surface area contributed by atoms with Gasteiger partial charge >= 0.3 is 0 Å². The number of unbranched alkanes of at least 4 members (excludes halogenated alkanes) is 1. The first-order chi connectivity index (χ1) is 23.5. The van der Waals surface area contributed by atoms with Gasteiger partial charge in [-0.3, -0.25) is 0 Å². The quantitative estimate of drug-likeness (QED) is 0.124. The zero-order valence-electron chi connectivity index (χ0n) is 31.4. The van der Waals surface area contributed by atoms with E-state index in [0.29, 0.717) is 6.04 Å². The van der Waals surface area contributed by atoms with E-state index < -0.39 is 7.92 Å². The molecule has 0 fully saturated rings. The van der Waals surface area contributed by atoms with E-state index in [1.54, 1.807) is 21.7 Å². The number of rotatable bonds is 9. The highest BCUT2D eigenvalue weighted by Gasteiger charge is 2.66. The second-order valence-corrected chi connectivity index (χ2v) is 18.3. The molecular weight excluding hydrogens is 611 g/mol. The van der Waals surface area contributed by atoms with Crippen LogP contribution in [0.25, 0.3) is 22.4 Å². The van der Waals surface area contributed by atoms with E-state index in [9.17, 15) is 0 Å². The van der Waals surface area contributed by atoms with E-state index in [0.717, 1.165) is 32.1 Å². The molecular formula is C46H55N2P+2. The number of fused-ring (bicyclic) bond motifs is 3. The summed E-state index contributed by atoms with van der Waals surface area (Å²) in [4.78, 5) is 0. The average Bonchev–Trinajstić information content (AvgIpc) is 3.68. The summed E-state index contributed by atoms with van der Waals surface area (Å²) in [5.41, 5.74) is 16.5. The Morgan fingerprint density at radius 3 is 2.35 bits per heavy atom. The van der Waals surface area contributed by atoms with Crippen molar-refractivity contribution in [2.45, 2.75) is 116 Å². The summed E-state index contributed by atoms with van der Waals surface area (Å²) >= 11 is 0. The standard InChI is InChI=1S/C46H55N2P/c1-10-13-17-31-18-14-20-33(29-31)34-23-24-36-40-42-38(49(9)43(34)40)28-30(4)48(42)46(11-2,12-3)45(36,7)26-25-32-19-15-21-35-39(32)41-37(44(35,5)6)22-16-27-47(41)8/h14-16,18-24,27-29,42H,10-13,17,25-26H2,1-9H3/q+2. The summed E-state index contributed by atoms with van der Waals surface area (Å²) in [6.45, 7) is 19.7. The molecule has 3 unspecified atom stereocenters. The molecule has 8 rings (SSSR count). The highest BCUT2D eigenvalue weighted by Crippen LogP contribution is 2.66. The molecule has 1 aromatic heterocycles. The minimum atomic E-state index is -0.413. The lowest BCUT2D eigenvalue weighted by atomic mass is 9.57. The lowest BCUT2D eigenvalue weighted by Gasteiger charge is -2.51. The van der Waals surface area contributed by atoms with Crippen molar-refractivity contribution in [3.63, 3.8) is 0 Å². The minimum Gasteiger partial charge on any atom is -0.216 e. The van der Waals surface area contributed by atoms with Crippen LogP contribution < -0.4 is 9.87 Å². The largest absolute Gasteiger partial charge is 0.216 e. The van der Waals surface area contributed by atoms with Crippen LogP contribution in [-0.2, 0) is 30.7 Å². The predicted octanol–water partition coefficient (Wildman–Crippen LogP) is 10.5. The van der Waals surface area contributed by atoms with Gasteiger partial charge in [0.15, 0.2) is 17.4 Å². The first-order valence-electron chi connectivity index (χ1n) is 19.0. The van der Waals surface area contributed by atoms with Gasteiger partial charge in [-0.05, 0) is 91.9 Å². The van der Waals surface area contributed by atoms with Gasteiger partial charge in [0, 0.05) is 53.8 Å². The van der Waals surface area contributed by atoms with Crippen LogP contribution in [0.4, 0.5) is 0 Å². The lowest BCUT2D eigenvalue weighted by Crippen LogP contribution is -2.61.